The molecule has 1 aromatic heterocycles. The number of aromatic carboxylic acids is 1. The van der Waals surface area contributed by atoms with Gasteiger partial charge in [0.05, 0.1) is 10.4 Å². The molecule has 25 heavy (non-hydrogen) atoms. The largest absolute Gasteiger partial charge is 0.477 e. The number of benzene rings is 1. The predicted molar refractivity (Wildman–Crippen MR) is 84.4 cm³/mol. The molecule has 0 saturated heterocycles. The highest BCUT2D eigenvalue weighted by Gasteiger charge is 2.37. The number of hydrogen-bond acceptors (Lipinski definition) is 4. The third-order valence-corrected chi connectivity index (χ3v) is 4.57. The van der Waals surface area contributed by atoms with Crippen molar-refractivity contribution in [2.45, 2.75) is 32.2 Å². The summed E-state index contributed by atoms with van der Waals surface area (Å²) in [6, 6.07) is -0.330. The second-order valence-electron chi connectivity index (χ2n) is 5.69. The molecule has 0 atom stereocenters. The normalized spacial score (nSPS) is 14.1. The molecule has 1 aliphatic carbocycles. The molecule has 0 radical (unpaired) electrons. The molecule has 3 rings (SSSR count). The number of halogens is 3. The van der Waals surface area contributed by atoms with Crippen LogP contribution in [0.4, 0.5) is 14.5 Å². The molecule has 0 bridgehead atoms. The van der Waals surface area contributed by atoms with Crippen LogP contribution in [-0.2, 0) is 6.42 Å². The van der Waals surface area contributed by atoms with Crippen LogP contribution in [0.25, 0.3) is 10.9 Å². The van der Waals surface area contributed by atoms with E-state index >= 15 is 0 Å². The van der Waals surface area contributed by atoms with Crippen molar-refractivity contribution in [1.82, 2.24) is 4.57 Å². The molecule has 0 aliphatic heterocycles. The summed E-state index contributed by atoms with van der Waals surface area (Å²) in [6.45, 7) is 1.49. The molecular formula is C15H11ClF2N2O5. The highest BCUT2D eigenvalue weighted by atomic mass is 35.5. The second kappa shape index (κ2) is 5.76. The lowest BCUT2D eigenvalue weighted by atomic mass is 10.0. The van der Waals surface area contributed by atoms with E-state index < -0.39 is 49.7 Å². The van der Waals surface area contributed by atoms with Crippen molar-refractivity contribution in [3.63, 3.8) is 0 Å². The van der Waals surface area contributed by atoms with Crippen LogP contribution in [0.3, 0.4) is 0 Å². The highest BCUT2D eigenvalue weighted by molar-refractivity contribution is 6.33. The van der Waals surface area contributed by atoms with Crippen LogP contribution in [0, 0.1) is 21.7 Å². The molecule has 2 aromatic rings. The average Bonchev–Trinajstić information content (AvgIpc) is 3.33. The number of pyridine rings is 1. The first-order valence-corrected chi connectivity index (χ1v) is 7.75. The molecular weight excluding hydrogens is 362 g/mol. The third kappa shape index (κ3) is 2.38. The first-order valence-electron chi connectivity index (χ1n) is 7.37. The van der Waals surface area contributed by atoms with E-state index in [2.05, 4.69) is 0 Å². The summed E-state index contributed by atoms with van der Waals surface area (Å²) >= 11 is 6.07. The summed E-state index contributed by atoms with van der Waals surface area (Å²) in [5.41, 5.74) is -4.03. The van der Waals surface area contributed by atoms with Crippen LogP contribution >= 0.6 is 11.6 Å². The number of aromatic nitrogens is 1. The summed E-state index contributed by atoms with van der Waals surface area (Å²) in [6.07, 6.45) is 1.09. The van der Waals surface area contributed by atoms with Crippen LogP contribution in [0.1, 0.15) is 41.7 Å². The van der Waals surface area contributed by atoms with Gasteiger partial charge in [0.1, 0.15) is 16.1 Å². The Hall–Kier alpha value is -2.55. The third-order valence-electron chi connectivity index (χ3n) is 4.20. The van der Waals surface area contributed by atoms with Gasteiger partial charge in [-0.05, 0) is 19.3 Å². The zero-order valence-electron chi connectivity index (χ0n) is 12.8. The minimum Gasteiger partial charge on any atom is -0.477 e. The Labute approximate surface area is 143 Å². The Morgan fingerprint density at radius 3 is 2.44 bits per heavy atom. The molecule has 1 fully saturated rings. The van der Waals surface area contributed by atoms with Crippen LogP contribution in [0.15, 0.2) is 4.79 Å². The van der Waals surface area contributed by atoms with Crippen molar-refractivity contribution in [3.8, 4) is 0 Å². The summed E-state index contributed by atoms with van der Waals surface area (Å²) < 4.78 is 29.8. The van der Waals surface area contributed by atoms with Crippen LogP contribution < -0.4 is 5.43 Å². The van der Waals surface area contributed by atoms with E-state index in [-0.39, 0.29) is 23.5 Å². The van der Waals surface area contributed by atoms with Crippen molar-refractivity contribution in [3.05, 3.63) is 48.3 Å². The Morgan fingerprint density at radius 2 is 2.00 bits per heavy atom. The van der Waals surface area contributed by atoms with E-state index in [9.17, 15) is 33.6 Å². The maximum absolute atomic E-state index is 14.4. The van der Waals surface area contributed by atoms with E-state index in [0.717, 1.165) is 0 Å². The lowest BCUT2D eigenvalue weighted by Crippen LogP contribution is -2.23. The minimum absolute atomic E-state index is 0.0633. The molecule has 0 unspecified atom stereocenters. The fraction of sp³-hybridized carbons (Fsp3) is 0.333. The lowest BCUT2D eigenvalue weighted by Gasteiger charge is -2.18. The number of hydrogen-bond donors (Lipinski definition) is 1. The lowest BCUT2D eigenvalue weighted by molar-refractivity contribution is -0.386. The van der Waals surface area contributed by atoms with Gasteiger partial charge in [0, 0.05) is 11.6 Å². The number of rotatable bonds is 4. The van der Waals surface area contributed by atoms with Crippen LogP contribution in [0.5, 0.6) is 0 Å². The minimum atomic E-state index is -1.78. The summed E-state index contributed by atoms with van der Waals surface area (Å²) in [7, 11) is 0. The molecule has 0 spiro atoms. The van der Waals surface area contributed by atoms with Crippen molar-refractivity contribution in [1.29, 1.82) is 0 Å². The maximum atomic E-state index is 14.4. The van der Waals surface area contributed by atoms with E-state index in [0.29, 0.717) is 12.8 Å². The summed E-state index contributed by atoms with van der Waals surface area (Å²) in [4.78, 5) is 34.1. The number of carboxylic acid groups (broad SMARTS) is 1. The Morgan fingerprint density at radius 1 is 1.40 bits per heavy atom. The molecule has 1 aliphatic rings. The molecule has 1 N–H and O–H groups in total. The monoisotopic (exact) mass is 372 g/mol. The van der Waals surface area contributed by atoms with Crippen molar-refractivity contribution >= 4 is 34.2 Å². The molecule has 1 heterocycles. The van der Waals surface area contributed by atoms with Gasteiger partial charge in [-0.1, -0.05) is 18.5 Å². The number of carboxylic acids is 1. The Bertz CT molecular complexity index is 1010. The predicted octanol–water partition coefficient (Wildman–Crippen LogP) is 3.44. The molecule has 1 saturated carbocycles. The maximum Gasteiger partial charge on any atom is 0.342 e. The number of fused-ring (bicyclic) bond motifs is 1. The van der Waals surface area contributed by atoms with Crippen molar-refractivity contribution in [2.75, 3.05) is 0 Å². The molecule has 10 heteroatoms. The molecule has 7 nitrogen and oxygen atoms in total. The summed E-state index contributed by atoms with van der Waals surface area (Å²) in [5.74, 6) is -4.91. The van der Waals surface area contributed by atoms with E-state index in [4.69, 9.17) is 11.6 Å². The standard InChI is InChI=1S/C15H11ClF2N2O5/c1-2-6-9(17)10(18)12(20(24)25)7-11(6)19(5-3-4-5)14(16)8(13(7)21)15(22)23/h5H,2-4H2,1H3,(H,22,23). The molecule has 0 amide bonds. The average molecular weight is 373 g/mol. The van der Waals surface area contributed by atoms with Gasteiger partial charge in [0.2, 0.25) is 11.2 Å². The van der Waals surface area contributed by atoms with Gasteiger partial charge >= 0.3 is 11.7 Å². The number of carbonyl (C=O) groups is 1. The topological polar surface area (TPSA) is 102 Å². The van der Waals surface area contributed by atoms with Gasteiger partial charge in [-0.15, -0.1) is 0 Å². The van der Waals surface area contributed by atoms with Crippen LogP contribution in [0.2, 0.25) is 5.15 Å². The van der Waals surface area contributed by atoms with Crippen molar-refractivity contribution < 1.29 is 23.6 Å². The van der Waals surface area contributed by atoms with Gasteiger partial charge in [0.25, 0.3) is 0 Å². The van der Waals surface area contributed by atoms with Crippen molar-refractivity contribution in [2.24, 2.45) is 0 Å². The first-order chi connectivity index (χ1) is 11.7. The molecule has 1 aromatic carbocycles. The van der Waals surface area contributed by atoms with Gasteiger partial charge < -0.3 is 9.67 Å². The van der Waals surface area contributed by atoms with Gasteiger partial charge in [0.15, 0.2) is 5.82 Å². The first kappa shape index (κ1) is 17.3. The summed E-state index contributed by atoms with van der Waals surface area (Å²) in [5, 5.41) is 19.3. The Kier molecular flexibility index (Phi) is 3.98. The fourth-order valence-corrected chi connectivity index (χ4v) is 3.38. The van der Waals surface area contributed by atoms with E-state index in [1.165, 1.54) is 11.5 Å². The fourth-order valence-electron chi connectivity index (χ4n) is 2.99. The SMILES string of the molecule is CCc1c(F)c(F)c([N+](=O)[O-])c2c(=O)c(C(=O)O)c(Cl)n(C3CC3)c12. The number of nitro groups is 1. The number of aryl methyl sites for hydroxylation is 1. The second-order valence-corrected chi connectivity index (χ2v) is 6.05. The zero-order valence-corrected chi connectivity index (χ0v) is 13.6. The van der Waals surface area contributed by atoms with Gasteiger partial charge in [-0.2, -0.15) is 4.39 Å². The van der Waals surface area contributed by atoms with Crippen LogP contribution in [-0.4, -0.2) is 20.6 Å². The Balaban J connectivity index is 2.73. The highest BCUT2D eigenvalue weighted by Crippen LogP contribution is 2.43. The number of nitro benzene ring substituents is 1. The smallest absolute Gasteiger partial charge is 0.342 e. The zero-order chi connectivity index (χ0) is 18.6. The van der Waals surface area contributed by atoms with Gasteiger partial charge in [-0.25, -0.2) is 9.18 Å². The molecule has 132 valence electrons. The van der Waals surface area contributed by atoms with E-state index in [1.807, 2.05) is 0 Å². The quantitative estimate of drug-likeness (QED) is 0.503. The number of nitrogens with zero attached hydrogens (tertiary/aromatic N) is 2. The van der Waals surface area contributed by atoms with Gasteiger partial charge in [-0.3, -0.25) is 14.9 Å². The van der Waals surface area contributed by atoms with E-state index in [1.54, 1.807) is 0 Å².